The lowest BCUT2D eigenvalue weighted by atomic mass is 10.2. The highest BCUT2D eigenvalue weighted by Crippen LogP contribution is 2.17. The molecule has 0 saturated heterocycles. The number of hydrogen-bond donors (Lipinski definition) is 1. The highest BCUT2D eigenvalue weighted by Gasteiger charge is 2.06. The van der Waals surface area contributed by atoms with Gasteiger partial charge in [-0.1, -0.05) is 0 Å². The molecule has 0 aliphatic carbocycles. The van der Waals surface area contributed by atoms with Crippen LogP contribution in [0.2, 0.25) is 0 Å². The summed E-state index contributed by atoms with van der Waals surface area (Å²) in [5.41, 5.74) is 0.903. The second-order valence-electron chi connectivity index (χ2n) is 3.88. The largest absolute Gasteiger partial charge is 0.467 e. The lowest BCUT2D eigenvalue weighted by Gasteiger charge is -2.00. The third kappa shape index (κ3) is 4.40. The van der Waals surface area contributed by atoms with E-state index in [2.05, 4.69) is 10.3 Å². The molecule has 0 atom stereocenters. The van der Waals surface area contributed by atoms with Crippen molar-refractivity contribution in [1.82, 2.24) is 4.98 Å². The van der Waals surface area contributed by atoms with Crippen LogP contribution in [0, 0.1) is 0 Å². The number of aryl methyl sites for hydroxylation is 1. The second-order valence-corrected chi connectivity index (χ2v) is 4.74. The minimum atomic E-state index is -0.180. The monoisotopic (exact) mass is 280 g/mol. The standard InChI is InChI=1S/C13H16N2O3S/c1-2-17-12(16)6-5-10-9-19-13(15-10)14-8-11-4-3-7-18-11/h3-4,7,9H,2,5-6,8H2,1H3,(H,14,15). The first-order valence-corrected chi connectivity index (χ1v) is 7.02. The number of hydrogen-bond acceptors (Lipinski definition) is 6. The number of furan rings is 1. The average molecular weight is 280 g/mol. The number of nitrogens with one attached hydrogen (secondary N) is 1. The van der Waals surface area contributed by atoms with Gasteiger partial charge in [0, 0.05) is 11.8 Å². The molecule has 0 aromatic carbocycles. The molecule has 2 aromatic rings. The number of ether oxygens (including phenoxy) is 1. The third-order valence-electron chi connectivity index (χ3n) is 2.44. The zero-order valence-corrected chi connectivity index (χ0v) is 11.5. The van der Waals surface area contributed by atoms with Crippen LogP contribution in [0.3, 0.4) is 0 Å². The summed E-state index contributed by atoms with van der Waals surface area (Å²) in [4.78, 5) is 15.6. The van der Waals surface area contributed by atoms with E-state index in [0.29, 0.717) is 26.0 Å². The van der Waals surface area contributed by atoms with E-state index in [1.807, 2.05) is 17.5 Å². The SMILES string of the molecule is CCOC(=O)CCc1csc(NCc2ccco2)n1. The number of carbonyl (C=O) groups is 1. The van der Waals surface area contributed by atoms with Crippen LogP contribution in [0.4, 0.5) is 5.13 Å². The maximum Gasteiger partial charge on any atom is 0.306 e. The number of thiazole rings is 1. The Balaban J connectivity index is 1.77. The molecule has 6 heteroatoms. The number of esters is 1. The van der Waals surface area contributed by atoms with E-state index in [0.717, 1.165) is 16.6 Å². The summed E-state index contributed by atoms with van der Waals surface area (Å²) < 4.78 is 10.1. The number of aromatic nitrogens is 1. The van der Waals surface area contributed by atoms with E-state index in [-0.39, 0.29) is 5.97 Å². The average Bonchev–Trinajstić information content (AvgIpc) is 3.06. The number of rotatable bonds is 7. The molecule has 0 amide bonds. The lowest BCUT2D eigenvalue weighted by molar-refractivity contribution is -0.143. The third-order valence-corrected chi connectivity index (χ3v) is 3.29. The first kappa shape index (κ1) is 13.6. The Bertz CT molecular complexity index is 508. The highest BCUT2D eigenvalue weighted by atomic mass is 32.1. The van der Waals surface area contributed by atoms with Crippen LogP contribution in [0.5, 0.6) is 0 Å². The summed E-state index contributed by atoms with van der Waals surface area (Å²) in [6.45, 7) is 2.83. The first-order chi connectivity index (χ1) is 9.28. The highest BCUT2D eigenvalue weighted by molar-refractivity contribution is 7.13. The van der Waals surface area contributed by atoms with Crippen molar-refractivity contribution in [2.75, 3.05) is 11.9 Å². The number of anilines is 1. The topological polar surface area (TPSA) is 64.4 Å². The summed E-state index contributed by atoms with van der Waals surface area (Å²) in [5, 5.41) is 5.95. The zero-order chi connectivity index (χ0) is 13.5. The van der Waals surface area contributed by atoms with Gasteiger partial charge in [0.2, 0.25) is 0 Å². The molecule has 0 radical (unpaired) electrons. The molecule has 102 valence electrons. The molecule has 0 fully saturated rings. The van der Waals surface area contributed by atoms with Gasteiger partial charge in [-0.3, -0.25) is 4.79 Å². The van der Waals surface area contributed by atoms with Crippen LogP contribution in [-0.4, -0.2) is 17.6 Å². The van der Waals surface area contributed by atoms with Crippen molar-refractivity contribution < 1.29 is 13.9 Å². The molecule has 0 aliphatic heterocycles. The molecule has 0 aliphatic rings. The molecule has 0 spiro atoms. The van der Waals surface area contributed by atoms with Gasteiger partial charge >= 0.3 is 5.97 Å². The van der Waals surface area contributed by atoms with Gasteiger partial charge in [0.25, 0.3) is 0 Å². The Morgan fingerprint density at radius 3 is 3.21 bits per heavy atom. The number of nitrogens with zero attached hydrogens (tertiary/aromatic N) is 1. The first-order valence-electron chi connectivity index (χ1n) is 6.14. The summed E-state index contributed by atoms with van der Waals surface area (Å²) in [5.74, 6) is 0.684. The second kappa shape index (κ2) is 6.94. The van der Waals surface area contributed by atoms with Crippen molar-refractivity contribution in [3.05, 3.63) is 35.2 Å². The maximum absolute atomic E-state index is 11.2. The molecular weight excluding hydrogens is 264 g/mol. The van der Waals surface area contributed by atoms with Crippen LogP contribution in [0.25, 0.3) is 0 Å². The molecule has 0 saturated carbocycles. The molecule has 1 N–H and O–H groups in total. The van der Waals surface area contributed by atoms with Gasteiger partial charge in [-0.25, -0.2) is 4.98 Å². The van der Waals surface area contributed by atoms with Gasteiger partial charge in [0.15, 0.2) is 5.13 Å². The van der Waals surface area contributed by atoms with E-state index < -0.39 is 0 Å². The lowest BCUT2D eigenvalue weighted by Crippen LogP contribution is -2.05. The van der Waals surface area contributed by atoms with Crippen molar-refractivity contribution in [3.8, 4) is 0 Å². The fourth-order valence-electron chi connectivity index (χ4n) is 1.54. The molecule has 19 heavy (non-hydrogen) atoms. The van der Waals surface area contributed by atoms with Crippen LogP contribution in [-0.2, 0) is 22.5 Å². The molecule has 0 unspecified atom stereocenters. The molecule has 0 bridgehead atoms. The Labute approximate surface area is 115 Å². The fraction of sp³-hybridized carbons (Fsp3) is 0.385. The van der Waals surface area contributed by atoms with Gasteiger partial charge in [0.05, 0.1) is 31.5 Å². The molecule has 2 aromatic heterocycles. The van der Waals surface area contributed by atoms with E-state index in [4.69, 9.17) is 9.15 Å². The molecule has 5 nitrogen and oxygen atoms in total. The Morgan fingerprint density at radius 2 is 2.47 bits per heavy atom. The summed E-state index contributed by atoms with van der Waals surface area (Å²) in [7, 11) is 0. The predicted molar refractivity (Wildman–Crippen MR) is 73.1 cm³/mol. The quantitative estimate of drug-likeness (QED) is 0.790. The van der Waals surface area contributed by atoms with Crippen molar-refractivity contribution in [1.29, 1.82) is 0 Å². The van der Waals surface area contributed by atoms with Crippen LogP contribution in [0.15, 0.2) is 28.2 Å². The molecular formula is C13H16N2O3S. The number of carbonyl (C=O) groups excluding carboxylic acids is 1. The minimum absolute atomic E-state index is 0.180. The smallest absolute Gasteiger partial charge is 0.306 e. The normalized spacial score (nSPS) is 10.4. The summed E-state index contributed by atoms with van der Waals surface area (Å²) in [6.07, 6.45) is 2.62. The van der Waals surface area contributed by atoms with Crippen molar-refractivity contribution in [2.24, 2.45) is 0 Å². The van der Waals surface area contributed by atoms with Crippen molar-refractivity contribution >= 4 is 22.4 Å². The maximum atomic E-state index is 11.2. The van der Waals surface area contributed by atoms with E-state index in [9.17, 15) is 4.79 Å². The van der Waals surface area contributed by atoms with Crippen molar-refractivity contribution in [3.63, 3.8) is 0 Å². The van der Waals surface area contributed by atoms with Gasteiger partial charge in [-0.15, -0.1) is 11.3 Å². The van der Waals surface area contributed by atoms with E-state index >= 15 is 0 Å². The minimum Gasteiger partial charge on any atom is -0.467 e. The van der Waals surface area contributed by atoms with Crippen LogP contribution in [0.1, 0.15) is 24.8 Å². The van der Waals surface area contributed by atoms with Crippen LogP contribution < -0.4 is 5.32 Å². The predicted octanol–water partition coefficient (Wildman–Crippen LogP) is 2.84. The van der Waals surface area contributed by atoms with Gasteiger partial charge in [0.1, 0.15) is 5.76 Å². The van der Waals surface area contributed by atoms with Gasteiger partial charge < -0.3 is 14.5 Å². The van der Waals surface area contributed by atoms with Gasteiger partial charge in [-0.2, -0.15) is 0 Å². The summed E-state index contributed by atoms with van der Waals surface area (Å²) in [6, 6.07) is 3.76. The Morgan fingerprint density at radius 1 is 1.58 bits per heavy atom. The Kier molecular flexibility index (Phi) is 4.97. The van der Waals surface area contributed by atoms with Crippen LogP contribution >= 0.6 is 11.3 Å². The fourth-order valence-corrected chi connectivity index (χ4v) is 2.29. The molecule has 2 rings (SSSR count). The van der Waals surface area contributed by atoms with Gasteiger partial charge in [-0.05, 0) is 19.1 Å². The van der Waals surface area contributed by atoms with Crippen molar-refractivity contribution in [2.45, 2.75) is 26.3 Å². The van der Waals surface area contributed by atoms with E-state index in [1.54, 1.807) is 13.2 Å². The molecule has 2 heterocycles. The zero-order valence-electron chi connectivity index (χ0n) is 10.7. The Hall–Kier alpha value is -1.82. The summed E-state index contributed by atoms with van der Waals surface area (Å²) >= 11 is 1.52. The van der Waals surface area contributed by atoms with E-state index in [1.165, 1.54) is 11.3 Å².